The molecule has 0 radical (unpaired) electrons. The topological polar surface area (TPSA) is 33.7 Å². The maximum atomic E-state index is 7.00. The summed E-state index contributed by atoms with van der Waals surface area (Å²) in [5.41, 5.74) is 39.5. The van der Waals surface area contributed by atoms with Crippen LogP contribution in [0.15, 0.2) is 517 Å². The smallest absolute Gasteiger partial charge is 0.132 e. The Morgan fingerprint density at radius 3 is 1.01 bits per heavy atom. The van der Waals surface area contributed by atoms with Gasteiger partial charge in [-0.2, -0.15) is 0 Å². The van der Waals surface area contributed by atoms with Gasteiger partial charge in [-0.25, -0.2) is 0 Å². The summed E-state index contributed by atoms with van der Waals surface area (Å²) in [5, 5.41) is 9.74. The van der Waals surface area contributed by atoms with Crippen molar-refractivity contribution in [2.75, 3.05) is 10.2 Å². The van der Waals surface area contributed by atoms with Crippen molar-refractivity contribution < 1.29 is 9.47 Å². The van der Waals surface area contributed by atoms with Gasteiger partial charge in [0.1, 0.15) is 23.0 Å². The van der Waals surface area contributed by atoms with Crippen LogP contribution < -0.4 is 19.7 Å². The molecule has 0 amide bonds. The standard InChI is InChI=1S/C68H41NOS2.C43H27NS2.C25H15ClO/c1-2-18-42(19-3-1)45-24-17-35-63-65(45)50-25-16-32-59(66(50)72-63)69(43-37-39-61-58(40-43)67(55-30-12-14-33-60(55)70-61)51-26-8-4-20-46(51)47-21-5-9-27-52(47)67)44-36-38-57-64(41-44)71-62-34-15-13-31-56(62)68(57)53-28-10-6-22-48(53)49-23-7-11-29-54(49)68;1-2-12-27(13-3-1)29-16-11-23-39-41(29)32-17-10-21-37(42(32)46-39)44-28-24-25-36-40(26-28)45-38-22-9-8-20-35(38)43(36)33-18-6-4-14-30(33)31-15-5-7-19-34(31)43;26-16-13-14-24-22(15-16)25(21-11-5-6-12-23(21)27-24)19-9-3-1-7-17(19)18-8-2-4-10-20(18)25/h1-41H;1-26,44H;1-15H. The molecule has 0 saturated carbocycles. The summed E-state index contributed by atoms with van der Waals surface area (Å²) in [6.07, 6.45) is 0. The number of hydrogen-bond donors (Lipinski definition) is 1. The highest BCUT2D eigenvalue weighted by Gasteiger charge is 2.56. The number of thiophene rings is 2. The van der Waals surface area contributed by atoms with Crippen molar-refractivity contribution in [3.05, 3.63) is 591 Å². The number of halogens is 1. The van der Waals surface area contributed by atoms with Gasteiger partial charge in [-0.05, 0) is 243 Å². The van der Waals surface area contributed by atoms with Crippen molar-refractivity contribution in [1.82, 2.24) is 0 Å². The molecule has 4 aliphatic heterocycles. The lowest BCUT2D eigenvalue weighted by molar-refractivity contribution is 0.436. The predicted molar refractivity (Wildman–Crippen MR) is 603 cm³/mol. The molecule has 6 heterocycles. The molecule has 32 rings (SSSR count). The van der Waals surface area contributed by atoms with Crippen LogP contribution in [0.5, 0.6) is 23.0 Å². The summed E-state index contributed by atoms with van der Waals surface area (Å²) in [7, 11) is 0. The van der Waals surface area contributed by atoms with Crippen molar-refractivity contribution in [3.8, 4) is 89.8 Å². The van der Waals surface area contributed by atoms with Crippen LogP contribution in [-0.2, 0) is 21.7 Å². The second-order valence-electron chi connectivity index (χ2n) is 38.6. The van der Waals surface area contributed by atoms with Crippen molar-refractivity contribution in [1.29, 1.82) is 0 Å². The third-order valence-electron chi connectivity index (χ3n) is 31.6. The number of para-hydroxylation sites is 2. The Morgan fingerprint density at radius 1 is 0.221 bits per heavy atom. The minimum atomic E-state index is -0.613. The first-order valence-electron chi connectivity index (χ1n) is 49.5. The number of ether oxygens (including phenoxy) is 2. The van der Waals surface area contributed by atoms with E-state index in [9.17, 15) is 0 Å². The van der Waals surface area contributed by atoms with Crippen LogP contribution in [-0.4, -0.2) is 0 Å². The lowest BCUT2D eigenvalue weighted by atomic mass is 9.66. The van der Waals surface area contributed by atoms with Gasteiger partial charge in [-0.3, -0.25) is 0 Å². The van der Waals surface area contributed by atoms with Gasteiger partial charge in [0, 0.05) is 94.9 Å². The number of anilines is 5. The number of benzene rings is 22. The summed E-state index contributed by atoms with van der Waals surface area (Å²) < 4.78 is 18.4. The second kappa shape index (κ2) is 32.8. The molecular weight excluding hydrogens is 1860 g/mol. The molecule has 0 fully saturated rings. The zero-order chi connectivity index (χ0) is 95.4. The van der Waals surface area contributed by atoms with E-state index in [0.717, 1.165) is 78.7 Å². The van der Waals surface area contributed by atoms with Gasteiger partial charge in [0.25, 0.3) is 0 Å². The van der Waals surface area contributed by atoms with Gasteiger partial charge in [0.05, 0.1) is 42.4 Å². The molecule has 4 spiro atoms. The largest absolute Gasteiger partial charge is 0.457 e. The number of rotatable bonds is 7. The zero-order valence-corrected chi connectivity index (χ0v) is 82.1. The average molecular weight is 1940 g/mol. The first-order chi connectivity index (χ1) is 71.8. The van der Waals surface area contributed by atoms with Crippen LogP contribution in [0.2, 0.25) is 5.02 Å². The van der Waals surface area contributed by atoms with Crippen molar-refractivity contribution >= 4 is 127 Å². The van der Waals surface area contributed by atoms with Crippen LogP contribution in [0.25, 0.3) is 107 Å². The van der Waals surface area contributed by atoms with Crippen molar-refractivity contribution in [3.63, 3.8) is 0 Å². The molecule has 1 N–H and O–H groups in total. The molecule has 8 aliphatic rings. The summed E-state index contributed by atoms with van der Waals surface area (Å²) >= 11 is 14.0. The molecule has 680 valence electrons. The van der Waals surface area contributed by atoms with Gasteiger partial charge in [-0.15, -0.1) is 22.7 Å². The quantitative estimate of drug-likeness (QED) is 0.171. The fourth-order valence-corrected chi connectivity index (χ4v) is 31.1. The summed E-state index contributed by atoms with van der Waals surface area (Å²) in [5.74, 6) is 3.53. The molecule has 9 heteroatoms. The molecule has 22 aromatic carbocycles. The Balaban J connectivity index is 0.000000113. The molecule has 0 unspecified atom stereocenters. The van der Waals surface area contributed by atoms with Gasteiger partial charge in [0.2, 0.25) is 0 Å². The fraction of sp³-hybridized carbons (Fsp3) is 0.0294. The second-order valence-corrected chi connectivity index (χ2v) is 43.3. The van der Waals surface area contributed by atoms with E-state index < -0.39 is 16.2 Å². The fourth-order valence-electron chi connectivity index (χ4n) is 26.0. The van der Waals surface area contributed by atoms with E-state index in [2.05, 4.69) is 489 Å². The number of fused-ring (bicyclic) bond motifs is 42. The third kappa shape index (κ3) is 12.1. The van der Waals surface area contributed by atoms with Crippen LogP contribution >= 0.6 is 57.8 Å². The first kappa shape index (κ1) is 84.2. The highest BCUT2D eigenvalue weighted by molar-refractivity contribution is 7.99. The minimum Gasteiger partial charge on any atom is -0.457 e. The van der Waals surface area contributed by atoms with Crippen molar-refractivity contribution in [2.45, 2.75) is 41.2 Å². The first-order valence-corrected chi connectivity index (χ1v) is 53.1. The lowest BCUT2D eigenvalue weighted by Crippen LogP contribution is -2.32. The van der Waals surface area contributed by atoms with Crippen LogP contribution in [0.3, 0.4) is 0 Å². The van der Waals surface area contributed by atoms with Crippen LogP contribution in [0, 0.1) is 0 Å². The Hall–Kier alpha value is -16.5. The van der Waals surface area contributed by atoms with E-state index in [1.165, 1.54) is 193 Å². The van der Waals surface area contributed by atoms with Gasteiger partial charge in [-0.1, -0.05) is 423 Å². The van der Waals surface area contributed by atoms with E-state index in [1.54, 1.807) is 0 Å². The maximum absolute atomic E-state index is 7.00. The number of nitrogens with zero attached hydrogens (tertiary/aromatic N) is 1. The van der Waals surface area contributed by atoms with E-state index in [0.29, 0.717) is 0 Å². The maximum Gasteiger partial charge on any atom is 0.132 e. The molecule has 0 atom stereocenters. The Bertz CT molecular complexity index is 9410. The SMILES string of the molecule is Clc1ccc2c(c1)C1(c3ccccc3O2)c2ccccc2-c2ccccc21.c1ccc(-c2cccc3sc4c(N(c5ccc6c(c5)Sc5ccccc5C65c6ccccc6-c6ccccc65)c5ccc6c(c5)C5(c7ccccc7O6)c6ccccc6-c6ccccc65)cccc4c23)cc1.c1ccc(-c2cccc3sc4c(Nc5ccc6c(c5)Sc5ccccc5C65c6ccccc6-c6ccccc65)cccc4c23)cc1. The Kier molecular flexibility index (Phi) is 19.0. The highest BCUT2D eigenvalue weighted by Crippen LogP contribution is 2.69. The Labute approximate surface area is 861 Å². The monoisotopic (exact) mass is 1940 g/mol. The van der Waals surface area contributed by atoms with Crippen molar-refractivity contribution in [2.24, 2.45) is 0 Å². The van der Waals surface area contributed by atoms with Gasteiger partial charge >= 0.3 is 0 Å². The molecule has 2 aromatic heterocycles. The molecule has 0 saturated heterocycles. The minimum absolute atomic E-state index is 0.345. The number of nitrogens with one attached hydrogen (secondary N) is 1. The molecule has 0 bridgehead atoms. The van der Waals surface area contributed by atoms with E-state index >= 15 is 0 Å². The predicted octanol–water partition coefficient (Wildman–Crippen LogP) is 37.6. The van der Waals surface area contributed by atoms with E-state index in [-0.39, 0.29) is 5.41 Å². The van der Waals surface area contributed by atoms with E-state index in [4.69, 9.17) is 21.1 Å². The summed E-state index contributed by atoms with van der Waals surface area (Å²) in [6.45, 7) is 0. The molecule has 145 heavy (non-hydrogen) atoms. The molecule has 4 aliphatic carbocycles. The normalized spacial score (nSPS) is 14.2. The van der Waals surface area contributed by atoms with Gasteiger partial charge in [0.15, 0.2) is 0 Å². The van der Waals surface area contributed by atoms with Gasteiger partial charge < -0.3 is 19.7 Å². The molecule has 24 aromatic rings. The zero-order valence-electron chi connectivity index (χ0n) is 78.1. The van der Waals surface area contributed by atoms with Crippen LogP contribution in [0.1, 0.15) is 89.0 Å². The summed E-state index contributed by atoms with van der Waals surface area (Å²) in [6, 6.07) is 182. The van der Waals surface area contributed by atoms with E-state index in [1.807, 2.05) is 64.4 Å². The molecular formula is C136H83ClN2O2S4. The van der Waals surface area contributed by atoms with Crippen LogP contribution in [0.4, 0.5) is 28.4 Å². The average Bonchev–Trinajstić information content (AvgIpc) is 1.55. The molecule has 4 nitrogen and oxygen atoms in total. The highest BCUT2D eigenvalue weighted by atomic mass is 35.5. The third-order valence-corrected chi connectivity index (χ3v) is 36.5. The summed E-state index contributed by atoms with van der Waals surface area (Å²) in [4.78, 5) is 7.68. The Morgan fingerprint density at radius 2 is 0.545 bits per heavy atom. The lowest BCUT2D eigenvalue weighted by Gasteiger charge is -2.41. The number of hydrogen-bond acceptors (Lipinski definition) is 8.